The normalized spacial score (nSPS) is 13.3. The third-order valence-electron chi connectivity index (χ3n) is 2.50. The van der Waals surface area contributed by atoms with Crippen molar-refractivity contribution in [1.29, 1.82) is 0 Å². The predicted molar refractivity (Wildman–Crippen MR) is 66.3 cm³/mol. The number of amides is 1. The number of carbonyl (C=O) groups excluding carboxylic acids is 1. The van der Waals surface area contributed by atoms with Crippen molar-refractivity contribution in [2.75, 3.05) is 5.73 Å². The lowest BCUT2D eigenvalue weighted by Gasteiger charge is -2.06. The summed E-state index contributed by atoms with van der Waals surface area (Å²) in [5.41, 5.74) is 5.47. The second-order valence-electron chi connectivity index (χ2n) is 3.83. The fraction of sp³-hybridized carbons (Fsp3) is 0.222. The Morgan fingerprint density at radius 3 is 2.62 bits per heavy atom. The number of hydrogen-bond acceptors (Lipinski definition) is 6. The Balaban J connectivity index is 2.54. The Kier molecular flexibility index (Phi) is 3.49. The molecule has 0 radical (unpaired) electrons. The predicted octanol–water partition coefficient (Wildman–Crippen LogP) is 0.212. The Morgan fingerprint density at radius 2 is 2.10 bits per heavy atom. The first-order valence-electron chi connectivity index (χ1n) is 5.20. The van der Waals surface area contributed by atoms with E-state index in [0.717, 1.165) is 6.20 Å². The molecule has 8 nitrogen and oxygen atoms in total. The number of anilines is 1. The third-order valence-corrected chi connectivity index (χ3v) is 3.20. The van der Waals surface area contributed by atoms with Gasteiger partial charge in [0, 0.05) is 7.05 Å². The first kappa shape index (κ1) is 15.0. The quantitative estimate of drug-likeness (QED) is 0.831. The van der Waals surface area contributed by atoms with Gasteiger partial charge in [0.1, 0.15) is 16.9 Å². The molecular weight excluding hydrogens is 315 g/mol. The minimum absolute atomic E-state index is 0.0495. The summed E-state index contributed by atoms with van der Waals surface area (Å²) in [6.45, 7) is 0. The van der Waals surface area contributed by atoms with Crippen molar-refractivity contribution in [3.8, 4) is 5.88 Å². The largest absolute Gasteiger partial charge is 0.508 e. The lowest BCUT2D eigenvalue weighted by Crippen LogP contribution is -2.21. The van der Waals surface area contributed by atoms with Crippen LogP contribution >= 0.6 is 0 Å². The highest BCUT2D eigenvalue weighted by Crippen LogP contribution is 2.27. The van der Waals surface area contributed by atoms with Crippen LogP contribution in [-0.4, -0.2) is 30.2 Å². The molecule has 114 valence electrons. The average Bonchev–Trinajstić information content (AvgIpc) is 2.60. The molecule has 1 amide bonds. The second-order valence-corrected chi connectivity index (χ2v) is 4.93. The van der Waals surface area contributed by atoms with Crippen molar-refractivity contribution in [3.63, 3.8) is 0 Å². The van der Waals surface area contributed by atoms with E-state index in [1.165, 1.54) is 11.6 Å². The van der Waals surface area contributed by atoms with Gasteiger partial charge in [0.25, 0.3) is 5.91 Å². The zero-order chi connectivity index (χ0) is 15.9. The summed E-state index contributed by atoms with van der Waals surface area (Å²) in [7, 11) is 1.47. The first-order valence-corrected chi connectivity index (χ1v) is 6.28. The lowest BCUT2D eigenvalue weighted by atomic mass is 10.2. The van der Waals surface area contributed by atoms with E-state index < -0.39 is 28.4 Å². The number of hydrogen-bond donors (Lipinski definition) is 2. The maximum atomic E-state index is 12.2. The molecule has 0 aromatic carbocycles. The SMILES string of the molecule is Cn1c(N)c(C(N)=O)c2nc(OS(=O)C(F)(F)F)cnc21. The van der Waals surface area contributed by atoms with Crippen molar-refractivity contribution < 1.29 is 26.4 Å². The third kappa shape index (κ3) is 2.61. The molecule has 2 rings (SSSR count). The first-order chi connectivity index (χ1) is 9.62. The molecule has 12 heteroatoms. The Labute approximate surface area is 117 Å². The highest BCUT2D eigenvalue weighted by molar-refractivity contribution is 7.81. The molecule has 0 fully saturated rings. The number of nitrogen functional groups attached to an aromatic ring is 1. The summed E-state index contributed by atoms with van der Waals surface area (Å²) in [5, 5.41) is 0. The summed E-state index contributed by atoms with van der Waals surface area (Å²) in [6, 6.07) is 0. The summed E-state index contributed by atoms with van der Waals surface area (Å²) in [6.07, 6.45) is 0.830. The van der Waals surface area contributed by atoms with Crippen LogP contribution in [0, 0.1) is 0 Å². The number of alkyl halides is 3. The molecule has 0 aliphatic carbocycles. The summed E-state index contributed by atoms with van der Waals surface area (Å²) >= 11 is -3.60. The standard InChI is InChI=1S/C9H8F3N5O3S/c1-17-6(13)4(7(14)18)5-8(17)15-2-3(16-5)20-21(19)9(10,11)12/h2H,13H2,1H3,(H2,14,18). The number of rotatable bonds is 3. The van der Waals surface area contributed by atoms with E-state index in [2.05, 4.69) is 14.2 Å². The summed E-state index contributed by atoms with van der Waals surface area (Å²) in [5.74, 6) is -1.65. The van der Waals surface area contributed by atoms with Gasteiger partial charge in [0.05, 0.1) is 6.20 Å². The molecule has 0 saturated heterocycles. The van der Waals surface area contributed by atoms with E-state index in [-0.39, 0.29) is 22.5 Å². The van der Waals surface area contributed by atoms with Crippen LogP contribution in [0.1, 0.15) is 10.4 Å². The fourth-order valence-electron chi connectivity index (χ4n) is 1.59. The zero-order valence-corrected chi connectivity index (χ0v) is 11.2. The maximum Gasteiger partial charge on any atom is 0.508 e. The molecule has 0 bridgehead atoms. The highest BCUT2D eigenvalue weighted by atomic mass is 32.2. The number of carbonyl (C=O) groups is 1. The number of primary amides is 1. The van der Waals surface area contributed by atoms with E-state index in [0.29, 0.717) is 0 Å². The Hall–Kier alpha value is -2.37. The number of aryl methyl sites for hydroxylation is 1. The van der Waals surface area contributed by atoms with Crippen molar-refractivity contribution in [2.24, 2.45) is 12.8 Å². The van der Waals surface area contributed by atoms with Crippen LogP contribution in [0.4, 0.5) is 19.0 Å². The molecule has 0 aliphatic heterocycles. The van der Waals surface area contributed by atoms with Crippen LogP contribution in [0.5, 0.6) is 5.88 Å². The van der Waals surface area contributed by atoms with E-state index >= 15 is 0 Å². The van der Waals surface area contributed by atoms with Crippen LogP contribution in [0.2, 0.25) is 0 Å². The molecule has 0 aliphatic rings. The summed E-state index contributed by atoms with van der Waals surface area (Å²) in [4.78, 5) is 18.7. The van der Waals surface area contributed by atoms with Gasteiger partial charge in [-0.1, -0.05) is 0 Å². The molecule has 4 N–H and O–H groups in total. The van der Waals surface area contributed by atoms with Crippen LogP contribution in [0.25, 0.3) is 11.2 Å². The van der Waals surface area contributed by atoms with Crippen molar-refractivity contribution in [3.05, 3.63) is 11.8 Å². The van der Waals surface area contributed by atoms with Gasteiger partial charge in [0.2, 0.25) is 5.88 Å². The molecule has 2 heterocycles. The maximum absolute atomic E-state index is 12.2. The molecule has 2 aromatic heterocycles. The number of halogens is 3. The zero-order valence-electron chi connectivity index (χ0n) is 10.3. The number of nitrogens with two attached hydrogens (primary N) is 2. The number of fused-ring (bicyclic) bond motifs is 1. The second kappa shape index (κ2) is 4.87. The Morgan fingerprint density at radius 1 is 1.48 bits per heavy atom. The van der Waals surface area contributed by atoms with Gasteiger partial charge in [-0.3, -0.25) is 4.79 Å². The highest BCUT2D eigenvalue weighted by Gasteiger charge is 2.40. The molecule has 1 atom stereocenters. The van der Waals surface area contributed by atoms with Crippen molar-refractivity contribution >= 4 is 34.0 Å². The molecule has 0 spiro atoms. The van der Waals surface area contributed by atoms with E-state index in [4.69, 9.17) is 11.5 Å². The van der Waals surface area contributed by atoms with Crippen molar-refractivity contribution in [2.45, 2.75) is 5.51 Å². The minimum Gasteiger partial charge on any atom is -0.384 e. The van der Waals surface area contributed by atoms with Crippen LogP contribution < -0.4 is 15.7 Å². The van der Waals surface area contributed by atoms with E-state index in [1.54, 1.807) is 0 Å². The van der Waals surface area contributed by atoms with Gasteiger partial charge in [0.15, 0.2) is 5.65 Å². The molecule has 21 heavy (non-hydrogen) atoms. The van der Waals surface area contributed by atoms with Crippen LogP contribution in [0.3, 0.4) is 0 Å². The fourth-order valence-corrected chi connectivity index (χ4v) is 1.92. The smallest absolute Gasteiger partial charge is 0.384 e. The monoisotopic (exact) mass is 323 g/mol. The van der Waals surface area contributed by atoms with Gasteiger partial charge in [-0.15, -0.1) is 0 Å². The van der Waals surface area contributed by atoms with Gasteiger partial charge < -0.3 is 20.2 Å². The Bertz CT molecular complexity index is 757. The van der Waals surface area contributed by atoms with Gasteiger partial charge in [-0.25, -0.2) is 14.2 Å². The van der Waals surface area contributed by atoms with Gasteiger partial charge >= 0.3 is 16.6 Å². The minimum atomic E-state index is -5.07. The van der Waals surface area contributed by atoms with Gasteiger partial charge in [-0.2, -0.15) is 13.2 Å². The van der Waals surface area contributed by atoms with Crippen LogP contribution in [0.15, 0.2) is 6.20 Å². The van der Waals surface area contributed by atoms with Crippen LogP contribution in [-0.2, 0) is 18.1 Å². The summed E-state index contributed by atoms with van der Waals surface area (Å²) < 4.78 is 52.7. The topological polar surface area (TPSA) is 126 Å². The molecule has 1 unspecified atom stereocenters. The number of nitrogens with zero attached hydrogens (tertiary/aromatic N) is 3. The van der Waals surface area contributed by atoms with Crippen molar-refractivity contribution in [1.82, 2.24) is 14.5 Å². The molecule has 2 aromatic rings. The van der Waals surface area contributed by atoms with Gasteiger partial charge in [-0.05, 0) is 0 Å². The van der Waals surface area contributed by atoms with E-state index in [1.807, 2.05) is 0 Å². The van der Waals surface area contributed by atoms with E-state index in [9.17, 15) is 22.2 Å². The molecule has 0 saturated carbocycles. The molecular formula is C9H8F3N5O3S. The lowest BCUT2D eigenvalue weighted by molar-refractivity contribution is -0.0438. The number of aromatic nitrogens is 3. The average molecular weight is 323 g/mol.